The quantitative estimate of drug-likeness (QED) is 0.410. The molecule has 1 aromatic rings. The molecule has 0 saturated carbocycles. The lowest BCUT2D eigenvalue weighted by atomic mass is 9.93. The maximum Gasteiger partial charge on any atom is 0.194 e. The van der Waals surface area contributed by atoms with E-state index in [-0.39, 0.29) is 29.4 Å². The van der Waals surface area contributed by atoms with Gasteiger partial charge in [-0.3, -0.25) is 0 Å². The van der Waals surface area contributed by atoms with Crippen LogP contribution in [0.25, 0.3) is 0 Å². The van der Waals surface area contributed by atoms with E-state index in [0.29, 0.717) is 6.54 Å². The smallest absolute Gasteiger partial charge is 0.194 e. The zero-order valence-corrected chi connectivity index (χ0v) is 17.9. The zero-order chi connectivity index (χ0) is 15.9. The lowest BCUT2D eigenvalue weighted by molar-refractivity contribution is 0.464. The first-order chi connectivity index (χ1) is 9.88. The van der Waals surface area contributed by atoms with Crippen LogP contribution in [0.5, 0.6) is 0 Å². The second kappa shape index (κ2) is 10.4. The molecule has 0 spiro atoms. The molecule has 4 nitrogen and oxygen atoms in total. The van der Waals surface area contributed by atoms with Gasteiger partial charge in [0.25, 0.3) is 0 Å². The molecule has 0 aliphatic rings. The minimum Gasteiger partial charge on any atom is -0.357 e. The minimum atomic E-state index is 0. The van der Waals surface area contributed by atoms with Crippen LogP contribution >= 0.6 is 35.3 Å². The van der Waals surface area contributed by atoms with Gasteiger partial charge in [0.2, 0.25) is 0 Å². The van der Waals surface area contributed by atoms with E-state index in [9.17, 15) is 0 Å². The van der Waals surface area contributed by atoms with Crippen LogP contribution < -0.4 is 5.32 Å². The van der Waals surface area contributed by atoms with Crippen LogP contribution in [0.4, 0.5) is 0 Å². The van der Waals surface area contributed by atoms with Crippen molar-refractivity contribution in [3.05, 3.63) is 16.1 Å². The molecule has 1 heterocycles. The molecular weight excluding hydrogens is 407 g/mol. The summed E-state index contributed by atoms with van der Waals surface area (Å²) < 4.78 is 0. The van der Waals surface area contributed by atoms with Crippen molar-refractivity contribution in [2.24, 2.45) is 4.99 Å². The summed E-state index contributed by atoms with van der Waals surface area (Å²) in [6.45, 7) is 13.5. The average Bonchev–Trinajstić information content (AvgIpc) is 2.89. The highest BCUT2D eigenvalue weighted by atomic mass is 127. The van der Waals surface area contributed by atoms with Gasteiger partial charge in [-0.05, 0) is 13.3 Å². The third-order valence-corrected chi connectivity index (χ3v) is 4.06. The van der Waals surface area contributed by atoms with Gasteiger partial charge in [-0.15, -0.1) is 35.3 Å². The standard InChI is InChI=1S/C16H30N4S.HI/c1-7-9-10-20(6)15(17-8-2)18-11-14-19-13(12-21-14)16(3,4)5;/h12H,7-11H2,1-6H3,(H,17,18);1H. The fourth-order valence-electron chi connectivity index (χ4n) is 1.84. The number of hydrogen-bond donors (Lipinski definition) is 1. The van der Waals surface area contributed by atoms with Crippen LogP contribution in [0.15, 0.2) is 10.4 Å². The van der Waals surface area contributed by atoms with Crippen LogP contribution in [-0.4, -0.2) is 36.0 Å². The van der Waals surface area contributed by atoms with Gasteiger partial charge >= 0.3 is 0 Å². The molecule has 1 N–H and O–H groups in total. The Labute approximate surface area is 156 Å². The molecule has 1 rings (SSSR count). The van der Waals surface area contributed by atoms with Gasteiger partial charge in [-0.25, -0.2) is 9.98 Å². The van der Waals surface area contributed by atoms with E-state index in [1.807, 2.05) is 0 Å². The van der Waals surface area contributed by atoms with Gasteiger partial charge in [0.1, 0.15) is 5.01 Å². The van der Waals surface area contributed by atoms with Gasteiger partial charge in [0, 0.05) is 30.9 Å². The molecule has 22 heavy (non-hydrogen) atoms. The van der Waals surface area contributed by atoms with Gasteiger partial charge in [-0.2, -0.15) is 0 Å². The molecule has 6 heteroatoms. The molecule has 0 bridgehead atoms. The number of halogens is 1. The first-order valence-corrected chi connectivity index (χ1v) is 8.70. The highest BCUT2D eigenvalue weighted by molar-refractivity contribution is 14.0. The van der Waals surface area contributed by atoms with E-state index in [0.717, 1.165) is 29.8 Å². The summed E-state index contributed by atoms with van der Waals surface area (Å²) in [4.78, 5) is 11.6. The van der Waals surface area contributed by atoms with Crippen molar-refractivity contribution in [2.75, 3.05) is 20.1 Å². The molecule has 0 radical (unpaired) electrons. The van der Waals surface area contributed by atoms with Crippen LogP contribution in [0.3, 0.4) is 0 Å². The summed E-state index contributed by atoms with van der Waals surface area (Å²) in [5.74, 6) is 0.971. The summed E-state index contributed by atoms with van der Waals surface area (Å²) in [7, 11) is 2.10. The van der Waals surface area contributed by atoms with E-state index in [4.69, 9.17) is 9.98 Å². The zero-order valence-electron chi connectivity index (χ0n) is 14.8. The largest absolute Gasteiger partial charge is 0.357 e. The molecule has 0 aliphatic carbocycles. The maximum atomic E-state index is 4.71. The molecule has 128 valence electrons. The fourth-order valence-corrected chi connectivity index (χ4v) is 2.79. The second-order valence-corrected chi connectivity index (χ2v) is 7.26. The molecule has 0 amide bonds. The molecule has 0 atom stereocenters. The molecule has 0 saturated heterocycles. The normalized spacial score (nSPS) is 12.0. The van der Waals surface area contributed by atoms with Crippen LogP contribution in [0.2, 0.25) is 0 Å². The fraction of sp³-hybridized carbons (Fsp3) is 0.750. The van der Waals surface area contributed by atoms with E-state index in [2.05, 4.69) is 57.3 Å². The van der Waals surface area contributed by atoms with Crippen molar-refractivity contribution in [3.8, 4) is 0 Å². The topological polar surface area (TPSA) is 40.5 Å². The third-order valence-electron chi connectivity index (χ3n) is 3.23. The van der Waals surface area contributed by atoms with Gasteiger partial charge in [0.15, 0.2) is 5.96 Å². The molecule has 0 aromatic carbocycles. The van der Waals surface area contributed by atoms with Crippen molar-refractivity contribution in [3.63, 3.8) is 0 Å². The Kier molecular flexibility index (Phi) is 10.2. The number of aliphatic imine (C=N–C) groups is 1. The van der Waals surface area contributed by atoms with Crippen LogP contribution in [0, 0.1) is 0 Å². The first-order valence-electron chi connectivity index (χ1n) is 7.82. The Balaban J connectivity index is 0.00000441. The predicted octanol–water partition coefficient (Wildman–Crippen LogP) is 4.26. The summed E-state index contributed by atoms with van der Waals surface area (Å²) >= 11 is 1.70. The van der Waals surface area contributed by atoms with Crippen molar-refractivity contribution in [2.45, 2.75) is 59.4 Å². The van der Waals surface area contributed by atoms with Crippen molar-refractivity contribution >= 4 is 41.3 Å². The summed E-state index contributed by atoms with van der Waals surface area (Å²) in [6.07, 6.45) is 2.39. The van der Waals surface area contributed by atoms with Gasteiger partial charge in [0.05, 0.1) is 12.2 Å². The number of guanidine groups is 1. The lowest BCUT2D eigenvalue weighted by Crippen LogP contribution is -2.39. The summed E-state index contributed by atoms with van der Waals surface area (Å²) in [5, 5.41) is 6.59. The number of rotatable bonds is 6. The molecule has 0 aliphatic heterocycles. The average molecular weight is 438 g/mol. The van der Waals surface area contributed by atoms with Gasteiger partial charge < -0.3 is 10.2 Å². The Hall–Kier alpha value is -0.370. The first kappa shape index (κ1) is 21.6. The Bertz CT molecular complexity index is 451. The van der Waals surface area contributed by atoms with E-state index in [1.54, 1.807) is 11.3 Å². The Morgan fingerprint density at radius 3 is 2.55 bits per heavy atom. The predicted molar refractivity (Wildman–Crippen MR) is 109 cm³/mol. The number of nitrogens with one attached hydrogen (secondary N) is 1. The van der Waals surface area contributed by atoms with Crippen LogP contribution in [-0.2, 0) is 12.0 Å². The van der Waals surface area contributed by atoms with Gasteiger partial charge in [-0.1, -0.05) is 34.1 Å². The molecular formula is C16H31IN4S. The number of aromatic nitrogens is 1. The molecule has 1 aromatic heterocycles. The van der Waals surface area contributed by atoms with Crippen molar-refractivity contribution in [1.29, 1.82) is 0 Å². The molecule has 0 unspecified atom stereocenters. The number of thiazole rings is 1. The van der Waals surface area contributed by atoms with Crippen molar-refractivity contribution < 1.29 is 0 Å². The second-order valence-electron chi connectivity index (χ2n) is 6.32. The highest BCUT2D eigenvalue weighted by Crippen LogP contribution is 2.24. The van der Waals surface area contributed by atoms with E-state index >= 15 is 0 Å². The maximum absolute atomic E-state index is 4.71. The minimum absolute atomic E-state index is 0. The van der Waals surface area contributed by atoms with Crippen molar-refractivity contribution in [1.82, 2.24) is 15.2 Å². The summed E-state index contributed by atoms with van der Waals surface area (Å²) in [6, 6.07) is 0. The SMILES string of the molecule is CCCCN(C)C(=NCc1nc(C(C)(C)C)cs1)NCC.I. The Morgan fingerprint density at radius 2 is 2.05 bits per heavy atom. The Morgan fingerprint density at radius 1 is 1.36 bits per heavy atom. The number of hydrogen-bond acceptors (Lipinski definition) is 3. The van der Waals surface area contributed by atoms with E-state index < -0.39 is 0 Å². The third kappa shape index (κ3) is 7.26. The summed E-state index contributed by atoms with van der Waals surface area (Å²) in [5.41, 5.74) is 1.27. The number of nitrogens with zero attached hydrogens (tertiary/aromatic N) is 3. The van der Waals surface area contributed by atoms with E-state index in [1.165, 1.54) is 12.8 Å². The highest BCUT2D eigenvalue weighted by Gasteiger charge is 2.17. The van der Waals surface area contributed by atoms with Crippen LogP contribution in [0.1, 0.15) is 58.2 Å². The number of unbranched alkanes of at least 4 members (excludes halogenated alkanes) is 1. The lowest BCUT2D eigenvalue weighted by Gasteiger charge is -2.21. The molecule has 0 fully saturated rings. The monoisotopic (exact) mass is 438 g/mol.